The zero-order chi connectivity index (χ0) is 16.6. The predicted molar refractivity (Wildman–Crippen MR) is 78.4 cm³/mol. The Morgan fingerprint density at radius 1 is 1.22 bits per heavy atom. The van der Waals surface area contributed by atoms with Gasteiger partial charge in [0.25, 0.3) is 0 Å². The van der Waals surface area contributed by atoms with Gasteiger partial charge in [0.15, 0.2) is 11.6 Å². The normalized spacial score (nSPS) is 14.1. The number of anilines is 1. The van der Waals surface area contributed by atoms with E-state index in [1.165, 1.54) is 7.11 Å². The third kappa shape index (κ3) is 2.93. The highest BCUT2D eigenvalue weighted by molar-refractivity contribution is 5.69. The largest absolute Gasteiger partial charge is 0.496 e. The Morgan fingerprint density at radius 2 is 2.00 bits per heavy atom. The molecule has 1 aromatic heterocycles. The second-order valence-electron chi connectivity index (χ2n) is 5.33. The average molecular weight is 324 g/mol. The molecule has 0 spiro atoms. The Morgan fingerprint density at radius 3 is 2.70 bits per heavy atom. The molecule has 0 unspecified atom stereocenters. The molecule has 0 saturated heterocycles. The zero-order valence-electron chi connectivity index (χ0n) is 12.7. The monoisotopic (exact) mass is 324 g/mol. The average Bonchev–Trinajstić information content (AvgIpc) is 2.52. The van der Waals surface area contributed by atoms with Crippen LogP contribution in [0.1, 0.15) is 23.2 Å². The van der Waals surface area contributed by atoms with Gasteiger partial charge in [-0.05, 0) is 37.5 Å². The molecular formula is C15H15F3N4O. The minimum absolute atomic E-state index is 0.0860. The van der Waals surface area contributed by atoms with Crippen molar-refractivity contribution in [3.63, 3.8) is 0 Å². The highest BCUT2D eigenvalue weighted by Crippen LogP contribution is 2.38. The van der Waals surface area contributed by atoms with Gasteiger partial charge in [0.2, 0.25) is 0 Å². The summed E-state index contributed by atoms with van der Waals surface area (Å²) in [5, 5.41) is 11.2. The SMILES string of the molecule is COc1cc(C(F)(F)F)cc(C)c1-c1nnc2c(n1)CCCN2. The van der Waals surface area contributed by atoms with E-state index in [-0.39, 0.29) is 11.6 Å². The van der Waals surface area contributed by atoms with Crippen molar-refractivity contribution in [2.75, 3.05) is 19.0 Å². The molecule has 0 atom stereocenters. The van der Waals surface area contributed by atoms with Crippen LogP contribution in [0.3, 0.4) is 0 Å². The van der Waals surface area contributed by atoms with Gasteiger partial charge in [-0.3, -0.25) is 0 Å². The van der Waals surface area contributed by atoms with Crippen molar-refractivity contribution in [1.82, 2.24) is 15.2 Å². The molecule has 1 aliphatic heterocycles. The first-order chi connectivity index (χ1) is 10.9. The molecule has 1 aliphatic rings. The molecule has 8 heteroatoms. The van der Waals surface area contributed by atoms with E-state index < -0.39 is 11.7 Å². The molecule has 2 heterocycles. The number of nitrogens with zero attached hydrogens (tertiary/aromatic N) is 3. The van der Waals surface area contributed by atoms with Gasteiger partial charge in [-0.15, -0.1) is 10.2 Å². The van der Waals surface area contributed by atoms with Crippen molar-refractivity contribution >= 4 is 5.82 Å². The number of benzene rings is 1. The summed E-state index contributed by atoms with van der Waals surface area (Å²) in [6.45, 7) is 2.39. The lowest BCUT2D eigenvalue weighted by Gasteiger charge is -2.18. The fourth-order valence-corrected chi connectivity index (χ4v) is 2.60. The molecule has 3 rings (SSSR count). The summed E-state index contributed by atoms with van der Waals surface area (Å²) in [4.78, 5) is 4.45. The summed E-state index contributed by atoms with van der Waals surface area (Å²) in [7, 11) is 1.33. The van der Waals surface area contributed by atoms with E-state index >= 15 is 0 Å². The summed E-state index contributed by atoms with van der Waals surface area (Å²) in [5.41, 5.74) is 0.828. The van der Waals surface area contributed by atoms with Gasteiger partial charge in [-0.2, -0.15) is 13.2 Å². The van der Waals surface area contributed by atoms with Gasteiger partial charge >= 0.3 is 6.18 Å². The van der Waals surface area contributed by atoms with Crippen LogP contribution in [0.5, 0.6) is 5.75 Å². The number of nitrogens with one attached hydrogen (secondary N) is 1. The standard InChI is InChI=1S/C15H15F3N4O/c1-8-6-9(15(16,17)18)7-11(23-2)12(8)14-20-10-4-3-5-19-13(10)21-22-14/h6-7H,3-5H2,1-2H3,(H,19,21). The number of rotatable bonds is 2. The van der Waals surface area contributed by atoms with Crippen LogP contribution in [0.25, 0.3) is 11.4 Å². The van der Waals surface area contributed by atoms with Crippen LogP contribution in [0.2, 0.25) is 0 Å². The minimum atomic E-state index is -4.44. The van der Waals surface area contributed by atoms with Gasteiger partial charge < -0.3 is 10.1 Å². The maximum absolute atomic E-state index is 12.9. The number of ether oxygens (including phenoxy) is 1. The Balaban J connectivity index is 2.12. The number of aryl methyl sites for hydroxylation is 2. The van der Waals surface area contributed by atoms with E-state index in [0.29, 0.717) is 16.9 Å². The van der Waals surface area contributed by atoms with Gasteiger partial charge in [-0.25, -0.2) is 4.98 Å². The summed E-state index contributed by atoms with van der Waals surface area (Å²) >= 11 is 0. The van der Waals surface area contributed by atoms with Crippen LogP contribution in [0, 0.1) is 6.92 Å². The van der Waals surface area contributed by atoms with Crippen molar-refractivity contribution in [2.24, 2.45) is 0 Å². The number of aromatic nitrogens is 3. The number of fused-ring (bicyclic) bond motifs is 1. The summed E-state index contributed by atoms with van der Waals surface area (Å²) < 4.78 is 43.9. The number of hydrogen-bond acceptors (Lipinski definition) is 5. The Kier molecular flexibility index (Phi) is 3.83. The molecule has 0 bridgehead atoms. The molecule has 1 N–H and O–H groups in total. The molecule has 0 amide bonds. The quantitative estimate of drug-likeness (QED) is 0.919. The van der Waals surface area contributed by atoms with Crippen molar-refractivity contribution in [1.29, 1.82) is 0 Å². The first-order valence-corrected chi connectivity index (χ1v) is 7.14. The Bertz CT molecular complexity index is 746. The summed E-state index contributed by atoms with van der Waals surface area (Å²) in [5.74, 6) is 0.988. The second kappa shape index (κ2) is 5.68. The van der Waals surface area contributed by atoms with Crippen LogP contribution in [0.4, 0.5) is 19.0 Å². The predicted octanol–water partition coefficient (Wildman–Crippen LogP) is 3.23. The second-order valence-corrected chi connectivity index (χ2v) is 5.33. The molecule has 0 radical (unpaired) electrons. The van der Waals surface area contributed by atoms with E-state index in [0.717, 1.165) is 37.2 Å². The van der Waals surface area contributed by atoms with E-state index in [1.807, 2.05) is 0 Å². The summed E-state index contributed by atoms with van der Waals surface area (Å²) in [6.07, 6.45) is -2.75. The smallest absolute Gasteiger partial charge is 0.416 e. The van der Waals surface area contributed by atoms with Crippen molar-refractivity contribution < 1.29 is 17.9 Å². The lowest BCUT2D eigenvalue weighted by atomic mass is 10.0. The third-order valence-corrected chi connectivity index (χ3v) is 3.71. The van der Waals surface area contributed by atoms with Gasteiger partial charge in [-0.1, -0.05) is 0 Å². The number of alkyl halides is 3. The Hall–Kier alpha value is -2.38. The minimum Gasteiger partial charge on any atom is -0.496 e. The zero-order valence-corrected chi connectivity index (χ0v) is 12.7. The molecule has 122 valence electrons. The molecule has 0 saturated carbocycles. The molecule has 23 heavy (non-hydrogen) atoms. The van der Waals surface area contributed by atoms with Crippen LogP contribution in [-0.2, 0) is 12.6 Å². The number of hydrogen-bond donors (Lipinski definition) is 1. The highest BCUT2D eigenvalue weighted by Gasteiger charge is 2.32. The maximum atomic E-state index is 12.9. The fraction of sp³-hybridized carbons (Fsp3) is 0.400. The molecule has 0 aliphatic carbocycles. The lowest BCUT2D eigenvalue weighted by Crippen LogP contribution is -2.16. The highest BCUT2D eigenvalue weighted by atomic mass is 19.4. The van der Waals surface area contributed by atoms with Crippen molar-refractivity contribution in [3.8, 4) is 17.1 Å². The lowest BCUT2D eigenvalue weighted by molar-refractivity contribution is -0.137. The topological polar surface area (TPSA) is 59.9 Å². The van der Waals surface area contributed by atoms with E-state index in [9.17, 15) is 13.2 Å². The van der Waals surface area contributed by atoms with Crippen molar-refractivity contribution in [3.05, 3.63) is 29.0 Å². The van der Waals surface area contributed by atoms with Crippen LogP contribution in [-0.4, -0.2) is 28.8 Å². The summed E-state index contributed by atoms with van der Waals surface area (Å²) in [6, 6.07) is 2.03. The van der Waals surface area contributed by atoms with Crippen LogP contribution >= 0.6 is 0 Å². The van der Waals surface area contributed by atoms with Crippen LogP contribution < -0.4 is 10.1 Å². The number of halogens is 3. The first kappa shape index (κ1) is 15.5. The van der Waals surface area contributed by atoms with Gasteiger partial charge in [0.05, 0.1) is 23.9 Å². The molecule has 0 fully saturated rings. The number of methoxy groups -OCH3 is 1. The molecule has 2 aromatic rings. The van der Waals surface area contributed by atoms with Gasteiger partial charge in [0, 0.05) is 6.54 Å². The first-order valence-electron chi connectivity index (χ1n) is 7.14. The molecule has 1 aromatic carbocycles. The Labute approximate surface area is 130 Å². The van der Waals surface area contributed by atoms with Gasteiger partial charge in [0.1, 0.15) is 5.75 Å². The van der Waals surface area contributed by atoms with Crippen LogP contribution in [0.15, 0.2) is 12.1 Å². The van der Waals surface area contributed by atoms with Crippen molar-refractivity contribution in [2.45, 2.75) is 25.9 Å². The van der Waals surface area contributed by atoms with E-state index in [4.69, 9.17) is 4.74 Å². The van der Waals surface area contributed by atoms with E-state index in [1.54, 1.807) is 6.92 Å². The third-order valence-electron chi connectivity index (χ3n) is 3.71. The molecular weight excluding hydrogens is 309 g/mol. The van der Waals surface area contributed by atoms with E-state index in [2.05, 4.69) is 20.5 Å². The maximum Gasteiger partial charge on any atom is 0.416 e. The molecule has 5 nitrogen and oxygen atoms in total. The fourth-order valence-electron chi connectivity index (χ4n) is 2.60.